The smallest absolute Gasteiger partial charge is 0.416 e. The highest BCUT2D eigenvalue weighted by Crippen LogP contribution is 2.34. The number of nitrogens with one attached hydrogen (secondary N) is 1. The van der Waals surface area contributed by atoms with Crippen molar-refractivity contribution in [1.29, 1.82) is 0 Å². The van der Waals surface area contributed by atoms with E-state index in [-0.39, 0.29) is 49.0 Å². The third kappa shape index (κ3) is 9.68. The van der Waals surface area contributed by atoms with Crippen LogP contribution in [0.5, 0.6) is 0 Å². The molecule has 1 aromatic carbocycles. The summed E-state index contributed by atoms with van der Waals surface area (Å²) in [6.07, 6.45) is -1.97. The highest BCUT2D eigenvalue weighted by atomic mass is 19.4. The van der Waals surface area contributed by atoms with E-state index in [0.29, 0.717) is 24.7 Å². The highest BCUT2D eigenvalue weighted by Gasteiger charge is 2.36. The van der Waals surface area contributed by atoms with Crippen molar-refractivity contribution >= 4 is 11.9 Å². The zero-order chi connectivity index (χ0) is 37.7. The fraction of sp³-hybridized carbons (Fsp3) is 0.500. The van der Waals surface area contributed by atoms with Gasteiger partial charge in [-0.15, -0.1) is 0 Å². The topological polar surface area (TPSA) is 105 Å². The zero-order valence-corrected chi connectivity index (χ0v) is 30.0. The molecule has 1 saturated heterocycles. The van der Waals surface area contributed by atoms with Crippen LogP contribution < -0.4 is 10.9 Å². The van der Waals surface area contributed by atoms with Crippen molar-refractivity contribution in [1.82, 2.24) is 19.8 Å². The van der Waals surface area contributed by atoms with Crippen LogP contribution in [-0.4, -0.2) is 57.2 Å². The second kappa shape index (κ2) is 16.4. The fourth-order valence-corrected chi connectivity index (χ4v) is 6.97. The number of halogens is 4. The summed E-state index contributed by atoms with van der Waals surface area (Å²) in [5.74, 6) is 4.55. The van der Waals surface area contributed by atoms with Crippen LogP contribution in [0, 0.1) is 37.5 Å². The van der Waals surface area contributed by atoms with Crippen LogP contribution >= 0.6 is 0 Å². The van der Waals surface area contributed by atoms with Crippen molar-refractivity contribution in [2.24, 2.45) is 11.8 Å². The average molecular weight is 723 g/mol. The Morgan fingerprint density at radius 2 is 1.81 bits per heavy atom. The maximum absolute atomic E-state index is 14.2. The number of rotatable bonds is 12. The van der Waals surface area contributed by atoms with E-state index in [1.54, 1.807) is 11.0 Å². The molecule has 3 heterocycles. The van der Waals surface area contributed by atoms with Gasteiger partial charge in [0, 0.05) is 37.8 Å². The van der Waals surface area contributed by atoms with E-state index in [1.807, 2.05) is 52.0 Å². The Balaban J connectivity index is 1.54. The minimum atomic E-state index is -4.82. The molecule has 1 aliphatic heterocycles. The first-order chi connectivity index (χ1) is 24.6. The monoisotopic (exact) mass is 722 g/mol. The number of aromatic nitrogens is 2. The molecule has 1 amide bonds. The normalized spacial score (nSPS) is 17.7. The minimum absolute atomic E-state index is 0.0833. The molecule has 12 heteroatoms. The Kier molecular flexibility index (Phi) is 12.2. The molecule has 0 radical (unpaired) electrons. The molecule has 0 bridgehead atoms. The van der Waals surface area contributed by atoms with Gasteiger partial charge >= 0.3 is 12.1 Å². The summed E-state index contributed by atoms with van der Waals surface area (Å²) in [4.78, 5) is 46.3. The van der Waals surface area contributed by atoms with Gasteiger partial charge in [0.2, 0.25) is 5.91 Å². The fourth-order valence-electron chi connectivity index (χ4n) is 6.97. The number of pyridine rings is 2. The highest BCUT2D eigenvalue weighted by molar-refractivity contribution is 5.82. The largest absolute Gasteiger partial charge is 0.481 e. The number of aliphatic carboxylic acids is 1. The standard InChI is InChI=1S/C40H46F4N4O4/c1-24(2)17-35(48-22-28(13-15-47-16-14-30(41)23-47)32(20-36(48)49)40(42,43)44)39(52)46-34(21-37(50)51)33-19-29(38-25(3)7-5-8-26(38)4)18-31(45-33)12-11-27-9-6-10-27/h5,7-8,18-20,22,24,27,30,34-35H,6,9-10,13-17,21,23H2,1-4H3,(H,46,52)(H,50,51)/t30-,34+,35+/m1/s1. The number of carboxylic acids is 1. The quantitative estimate of drug-likeness (QED) is 0.151. The van der Waals surface area contributed by atoms with Gasteiger partial charge in [0.05, 0.1) is 23.7 Å². The van der Waals surface area contributed by atoms with Crippen LogP contribution in [0.4, 0.5) is 17.6 Å². The summed E-state index contributed by atoms with van der Waals surface area (Å²) in [7, 11) is 0. The molecule has 2 aliphatic rings. The van der Waals surface area contributed by atoms with Crippen molar-refractivity contribution in [2.75, 3.05) is 19.6 Å². The lowest BCUT2D eigenvalue weighted by Gasteiger charge is -2.26. The summed E-state index contributed by atoms with van der Waals surface area (Å²) >= 11 is 0. The number of alkyl halides is 4. The van der Waals surface area contributed by atoms with Gasteiger partial charge in [0.1, 0.15) is 17.9 Å². The number of carbonyl (C=O) groups excluding carboxylic acids is 1. The van der Waals surface area contributed by atoms with Crippen LogP contribution in [0.2, 0.25) is 0 Å². The summed E-state index contributed by atoms with van der Waals surface area (Å²) in [5.41, 5.74) is 2.03. The van der Waals surface area contributed by atoms with E-state index in [1.165, 1.54) is 0 Å². The second-order valence-corrected chi connectivity index (χ2v) is 14.5. The Bertz CT molecular complexity index is 1890. The maximum Gasteiger partial charge on any atom is 0.416 e. The van der Waals surface area contributed by atoms with E-state index >= 15 is 0 Å². The molecule has 3 aromatic rings. The number of carboxylic acid groups (broad SMARTS) is 1. The predicted molar refractivity (Wildman–Crippen MR) is 190 cm³/mol. The lowest BCUT2D eigenvalue weighted by Crippen LogP contribution is -2.41. The number of aryl methyl sites for hydroxylation is 2. The number of hydrogen-bond donors (Lipinski definition) is 2. The van der Waals surface area contributed by atoms with Crippen LogP contribution in [0.25, 0.3) is 11.1 Å². The molecule has 3 atom stereocenters. The number of hydrogen-bond acceptors (Lipinski definition) is 5. The molecular formula is C40H46F4N4O4. The third-order valence-corrected chi connectivity index (χ3v) is 9.89. The second-order valence-electron chi connectivity index (χ2n) is 14.5. The van der Waals surface area contributed by atoms with Gasteiger partial charge in [-0.2, -0.15) is 13.2 Å². The van der Waals surface area contributed by atoms with E-state index in [2.05, 4.69) is 17.2 Å². The van der Waals surface area contributed by atoms with Gasteiger partial charge in [-0.05, 0) is 97.7 Å². The molecule has 1 saturated carbocycles. The molecule has 2 aromatic heterocycles. The predicted octanol–water partition coefficient (Wildman–Crippen LogP) is 7.20. The maximum atomic E-state index is 14.2. The zero-order valence-electron chi connectivity index (χ0n) is 30.0. The SMILES string of the molecule is Cc1cccc(C)c1-c1cc(C#CC2CCC2)nc([C@H](CC(=O)O)NC(=O)[C@H](CC(C)C)n2cc(CCN3CC[C@@H](F)C3)c(C(F)(F)F)cc2=O)c1. The molecule has 0 unspecified atom stereocenters. The molecule has 5 rings (SSSR count). The molecule has 1 aliphatic carbocycles. The van der Waals surface area contributed by atoms with Gasteiger partial charge in [-0.3, -0.25) is 14.4 Å². The van der Waals surface area contributed by atoms with Gasteiger partial charge in [-0.25, -0.2) is 9.37 Å². The van der Waals surface area contributed by atoms with E-state index < -0.39 is 53.9 Å². The Morgan fingerprint density at radius 3 is 2.38 bits per heavy atom. The summed E-state index contributed by atoms with van der Waals surface area (Å²) in [6, 6.07) is 7.56. The minimum Gasteiger partial charge on any atom is -0.481 e. The Labute approximate surface area is 301 Å². The van der Waals surface area contributed by atoms with Crippen molar-refractivity contribution in [3.63, 3.8) is 0 Å². The van der Waals surface area contributed by atoms with Crippen molar-refractivity contribution in [3.8, 4) is 23.0 Å². The molecule has 2 N–H and O–H groups in total. The van der Waals surface area contributed by atoms with E-state index in [4.69, 9.17) is 4.98 Å². The van der Waals surface area contributed by atoms with Gasteiger partial charge in [0.15, 0.2) is 0 Å². The lowest BCUT2D eigenvalue weighted by atomic mass is 9.86. The third-order valence-electron chi connectivity index (χ3n) is 9.89. The molecule has 8 nitrogen and oxygen atoms in total. The number of likely N-dealkylation sites (tertiary alicyclic amines) is 1. The Hall–Kier alpha value is -4.50. The summed E-state index contributed by atoms with van der Waals surface area (Å²) in [6.45, 7) is 8.25. The Morgan fingerprint density at radius 1 is 1.10 bits per heavy atom. The van der Waals surface area contributed by atoms with Crippen molar-refractivity contribution in [3.05, 3.63) is 86.6 Å². The van der Waals surface area contributed by atoms with E-state index in [0.717, 1.165) is 52.3 Å². The molecule has 0 spiro atoms. The lowest BCUT2D eigenvalue weighted by molar-refractivity contribution is -0.139. The average Bonchev–Trinajstić information content (AvgIpc) is 3.45. The summed E-state index contributed by atoms with van der Waals surface area (Å²) < 4.78 is 57.3. The van der Waals surface area contributed by atoms with Crippen LogP contribution in [0.3, 0.4) is 0 Å². The van der Waals surface area contributed by atoms with Crippen LogP contribution in [0.1, 0.15) is 98.1 Å². The van der Waals surface area contributed by atoms with Crippen molar-refractivity contribution in [2.45, 2.75) is 97.1 Å². The van der Waals surface area contributed by atoms with Crippen LogP contribution in [0.15, 0.2) is 47.4 Å². The molecule has 278 valence electrons. The molecule has 52 heavy (non-hydrogen) atoms. The summed E-state index contributed by atoms with van der Waals surface area (Å²) in [5, 5.41) is 12.8. The first-order valence-corrected chi connectivity index (χ1v) is 17.9. The first-order valence-electron chi connectivity index (χ1n) is 17.9. The molecule has 2 fully saturated rings. The van der Waals surface area contributed by atoms with Crippen molar-refractivity contribution < 1.29 is 32.3 Å². The van der Waals surface area contributed by atoms with E-state index in [9.17, 15) is 37.1 Å². The molecular weight excluding hydrogens is 676 g/mol. The number of benzene rings is 1. The number of amides is 1. The first kappa shape index (κ1) is 38.7. The van der Waals surface area contributed by atoms with Gasteiger partial charge < -0.3 is 19.9 Å². The van der Waals surface area contributed by atoms with Gasteiger partial charge in [-0.1, -0.05) is 44.4 Å². The number of nitrogens with zero attached hydrogens (tertiary/aromatic N) is 3. The number of carbonyl (C=O) groups is 2. The van der Waals surface area contributed by atoms with Gasteiger partial charge in [0.25, 0.3) is 5.56 Å². The van der Waals surface area contributed by atoms with Crippen LogP contribution in [-0.2, 0) is 22.2 Å².